The van der Waals surface area contributed by atoms with Gasteiger partial charge in [-0.15, -0.1) is 0 Å². The minimum atomic E-state index is 0.535. The largest absolute Gasteiger partial charge is 0.314 e. The van der Waals surface area contributed by atoms with Crippen LogP contribution in [0, 0.1) is 19.3 Å². The van der Waals surface area contributed by atoms with Gasteiger partial charge in [0.05, 0.1) is 5.69 Å². The zero-order valence-electron chi connectivity index (χ0n) is 13.0. The standard InChI is InChI=1S/C16H29N3/c1-12-15(13(2)19-18-12)8-6-10-17-14-7-5-9-16(3,4)11-14/h14,17H,5-11H2,1-4H3,(H,18,19). The van der Waals surface area contributed by atoms with E-state index in [0.717, 1.165) is 24.7 Å². The molecule has 0 spiro atoms. The zero-order chi connectivity index (χ0) is 13.9. The normalized spacial score (nSPS) is 22.6. The van der Waals surface area contributed by atoms with Crippen LogP contribution in [0.2, 0.25) is 0 Å². The zero-order valence-corrected chi connectivity index (χ0v) is 13.0. The van der Waals surface area contributed by atoms with Crippen molar-refractivity contribution in [2.75, 3.05) is 6.54 Å². The van der Waals surface area contributed by atoms with Crippen molar-refractivity contribution in [3.63, 3.8) is 0 Å². The first-order valence-electron chi connectivity index (χ1n) is 7.72. The SMILES string of the molecule is Cc1n[nH]c(C)c1CCCNC1CCCC(C)(C)C1. The van der Waals surface area contributed by atoms with Gasteiger partial charge in [-0.3, -0.25) is 5.10 Å². The van der Waals surface area contributed by atoms with Gasteiger partial charge >= 0.3 is 0 Å². The highest BCUT2D eigenvalue weighted by molar-refractivity contribution is 5.23. The van der Waals surface area contributed by atoms with Crippen LogP contribution in [0.25, 0.3) is 0 Å². The lowest BCUT2D eigenvalue weighted by atomic mass is 9.75. The van der Waals surface area contributed by atoms with Crippen molar-refractivity contribution in [3.8, 4) is 0 Å². The first-order chi connectivity index (χ1) is 8.98. The smallest absolute Gasteiger partial charge is 0.0625 e. The van der Waals surface area contributed by atoms with E-state index in [-0.39, 0.29) is 0 Å². The summed E-state index contributed by atoms with van der Waals surface area (Å²) >= 11 is 0. The fourth-order valence-electron chi connectivity index (χ4n) is 3.39. The number of aromatic nitrogens is 2. The minimum Gasteiger partial charge on any atom is -0.314 e. The van der Waals surface area contributed by atoms with Gasteiger partial charge in [-0.1, -0.05) is 20.3 Å². The highest BCUT2D eigenvalue weighted by atomic mass is 15.1. The van der Waals surface area contributed by atoms with Gasteiger partial charge in [0.2, 0.25) is 0 Å². The number of rotatable bonds is 5. The second kappa shape index (κ2) is 6.08. The number of H-pyrrole nitrogens is 1. The molecule has 0 bridgehead atoms. The van der Waals surface area contributed by atoms with Crippen molar-refractivity contribution < 1.29 is 0 Å². The molecule has 1 aliphatic rings. The van der Waals surface area contributed by atoms with Gasteiger partial charge in [0.1, 0.15) is 0 Å². The third kappa shape index (κ3) is 4.07. The average molecular weight is 263 g/mol. The van der Waals surface area contributed by atoms with Crippen molar-refractivity contribution in [2.24, 2.45) is 5.41 Å². The Hall–Kier alpha value is -0.830. The van der Waals surface area contributed by atoms with Crippen LogP contribution in [-0.2, 0) is 6.42 Å². The van der Waals surface area contributed by atoms with E-state index < -0.39 is 0 Å². The van der Waals surface area contributed by atoms with Crippen molar-refractivity contribution in [1.29, 1.82) is 0 Å². The van der Waals surface area contributed by atoms with Gasteiger partial charge in [-0.25, -0.2) is 0 Å². The fraction of sp³-hybridized carbons (Fsp3) is 0.812. The molecule has 2 rings (SSSR count). The molecule has 1 fully saturated rings. The van der Waals surface area contributed by atoms with Gasteiger partial charge in [0.25, 0.3) is 0 Å². The van der Waals surface area contributed by atoms with Gasteiger partial charge in [0.15, 0.2) is 0 Å². The molecule has 1 heterocycles. The Bertz CT molecular complexity index is 387. The highest BCUT2D eigenvalue weighted by Crippen LogP contribution is 2.35. The molecule has 0 amide bonds. The summed E-state index contributed by atoms with van der Waals surface area (Å²) in [6, 6.07) is 0.732. The van der Waals surface area contributed by atoms with Crippen LogP contribution in [-0.4, -0.2) is 22.8 Å². The van der Waals surface area contributed by atoms with Crippen LogP contribution < -0.4 is 5.32 Å². The van der Waals surface area contributed by atoms with E-state index in [2.05, 4.69) is 43.2 Å². The summed E-state index contributed by atoms with van der Waals surface area (Å²) in [5, 5.41) is 11.1. The second-order valence-corrected chi connectivity index (χ2v) is 6.93. The molecule has 1 saturated carbocycles. The lowest BCUT2D eigenvalue weighted by Crippen LogP contribution is -2.37. The first kappa shape index (κ1) is 14.6. The maximum absolute atomic E-state index is 4.26. The van der Waals surface area contributed by atoms with E-state index in [1.54, 1.807) is 0 Å². The summed E-state index contributed by atoms with van der Waals surface area (Å²) in [5.41, 5.74) is 4.34. The summed E-state index contributed by atoms with van der Waals surface area (Å²) < 4.78 is 0. The Labute approximate surface area is 117 Å². The second-order valence-electron chi connectivity index (χ2n) is 6.93. The molecule has 2 N–H and O–H groups in total. The summed E-state index contributed by atoms with van der Waals surface area (Å²) in [7, 11) is 0. The molecular formula is C16H29N3. The predicted octanol–water partition coefficient (Wildman–Crippen LogP) is 3.52. The monoisotopic (exact) mass is 263 g/mol. The van der Waals surface area contributed by atoms with Crippen molar-refractivity contribution in [2.45, 2.75) is 72.3 Å². The molecule has 0 aromatic carbocycles. The molecule has 1 aromatic rings. The summed E-state index contributed by atoms with van der Waals surface area (Å²) in [5.74, 6) is 0. The van der Waals surface area contributed by atoms with E-state index in [1.165, 1.54) is 43.4 Å². The average Bonchev–Trinajstić information content (AvgIpc) is 2.64. The number of nitrogens with zero attached hydrogens (tertiary/aromatic N) is 1. The molecule has 1 aliphatic carbocycles. The van der Waals surface area contributed by atoms with Gasteiger partial charge in [-0.2, -0.15) is 5.10 Å². The Balaban J connectivity index is 1.70. The quantitative estimate of drug-likeness (QED) is 0.798. The van der Waals surface area contributed by atoms with Gasteiger partial charge in [0, 0.05) is 11.7 Å². The number of aryl methyl sites for hydroxylation is 2. The molecule has 3 nitrogen and oxygen atoms in total. The van der Waals surface area contributed by atoms with Crippen LogP contribution in [0.15, 0.2) is 0 Å². The number of aromatic amines is 1. The third-order valence-corrected chi connectivity index (χ3v) is 4.52. The van der Waals surface area contributed by atoms with Crippen molar-refractivity contribution >= 4 is 0 Å². The lowest BCUT2D eigenvalue weighted by molar-refractivity contribution is 0.198. The minimum absolute atomic E-state index is 0.535. The maximum Gasteiger partial charge on any atom is 0.0625 e. The van der Waals surface area contributed by atoms with Crippen LogP contribution in [0.5, 0.6) is 0 Å². The molecule has 3 heteroatoms. The number of hydrogen-bond acceptors (Lipinski definition) is 2. The molecule has 1 aromatic heterocycles. The molecule has 0 aliphatic heterocycles. The topological polar surface area (TPSA) is 40.7 Å². The Morgan fingerprint density at radius 2 is 2.16 bits per heavy atom. The number of nitrogens with one attached hydrogen (secondary N) is 2. The summed E-state index contributed by atoms with van der Waals surface area (Å²) in [4.78, 5) is 0. The molecule has 1 unspecified atom stereocenters. The third-order valence-electron chi connectivity index (χ3n) is 4.52. The fourth-order valence-corrected chi connectivity index (χ4v) is 3.39. The first-order valence-corrected chi connectivity index (χ1v) is 7.72. The maximum atomic E-state index is 4.26. The Morgan fingerprint density at radius 3 is 2.79 bits per heavy atom. The van der Waals surface area contributed by atoms with E-state index in [0.29, 0.717) is 5.41 Å². The van der Waals surface area contributed by atoms with Crippen LogP contribution in [0.1, 0.15) is 62.9 Å². The van der Waals surface area contributed by atoms with Crippen molar-refractivity contribution in [1.82, 2.24) is 15.5 Å². The number of hydrogen-bond donors (Lipinski definition) is 2. The molecule has 19 heavy (non-hydrogen) atoms. The predicted molar refractivity (Wildman–Crippen MR) is 80.4 cm³/mol. The van der Waals surface area contributed by atoms with Gasteiger partial charge in [-0.05, 0) is 63.5 Å². The summed E-state index contributed by atoms with van der Waals surface area (Å²) in [6.07, 6.45) is 7.79. The molecule has 1 atom stereocenters. The molecule has 0 radical (unpaired) electrons. The van der Waals surface area contributed by atoms with Crippen molar-refractivity contribution in [3.05, 3.63) is 17.0 Å². The lowest BCUT2D eigenvalue weighted by Gasteiger charge is -2.35. The molecular weight excluding hydrogens is 234 g/mol. The van der Waals surface area contributed by atoms with E-state index in [1.807, 2.05) is 0 Å². The van der Waals surface area contributed by atoms with E-state index >= 15 is 0 Å². The van der Waals surface area contributed by atoms with E-state index in [9.17, 15) is 0 Å². The van der Waals surface area contributed by atoms with E-state index in [4.69, 9.17) is 0 Å². The highest BCUT2D eigenvalue weighted by Gasteiger charge is 2.27. The van der Waals surface area contributed by atoms with Gasteiger partial charge < -0.3 is 5.32 Å². The molecule has 0 saturated heterocycles. The Morgan fingerprint density at radius 1 is 1.37 bits per heavy atom. The Kier molecular flexibility index (Phi) is 4.67. The van der Waals surface area contributed by atoms with Crippen LogP contribution in [0.3, 0.4) is 0 Å². The molecule has 108 valence electrons. The van der Waals surface area contributed by atoms with Crippen LogP contribution >= 0.6 is 0 Å². The van der Waals surface area contributed by atoms with Crippen LogP contribution in [0.4, 0.5) is 0 Å². The summed E-state index contributed by atoms with van der Waals surface area (Å²) in [6.45, 7) is 10.1.